The highest BCUT2D eigenvalue weighted by Crippen LogP contribution is 2.29. The van der Waals surface area contributed by atoms with E-state index in [1.807, 2.05) is 0 Å². The summed E-state index contributed by atoms with van der Waals surface area (Å²) in [6, 6.07) is 9.00. The first-order valence-electron chi connectivity index (χ1n) is 9.85. The normalized spacial score (nSPS) is 12.5. The van der Waals surface area contributed by atoms with E-state index in [9.17, 15) is 0 Å². The minimum Gasteiger partial charge on any atom is -0.0654 e. The second kappa shape index (κ2) is 12.7. The molecule has 0 nitrogen and oxygen atoms in total. The molecule has 1 aromatic carbocycles. The standard InChI is InChI=1S/C22H38/c1-4-6-7-8-9-10-11-12-13-18-21(16-5-2)22-19-15-14-17-20(22)3/h14-15,17,19,21H,4-13,16,18H2,1-3H3. The summed E-state index contributed by atoms with van der Waals surface area (Å²) in [4.78, 5) is 0. The average Bonchev–Trinajstić information content (AvgIpc) is 2.53. The lowest BCUT2D eigenvalue weighted by atomic mass is 9.87. The molecule has 0 fully saturated rings. The van der Waals surface area contributed by atoms with Gasteiger partial charge in [-0.05, 0) is 36.8 Å². The highest BCUT2D eigenvalue weighted by Gasteiger charge is 2.12. The third-order valence-corrected chi connectivity index (χ3v) is 4.92. The Morgan fingerprint density at radius 3 is 1.86 bits per heavy atom. The monoisotopic (exact) mass is 302 g/mol. The highest BCUT2D eigenvalue weighted by atomic mass is 14.2. The number of rotatable bonds is 13. The first kappa shape index (κ1) is 19.3. The third kappa shape index (κ3) is 8.01. The molecule has 0 heterocycles. The van der Waals surface area contributed by atoms with Gasteiger partial charge in [0.25, 0.3) is 0 Å². The molecule has 0 amide bonds. The second-order valence-corrected chi connectivity index (χ2v) is 6.96. The van der Waals surface area contributed by atoms with Crippen molar-refractivity contribution < 1.29 is 0 Å². The first-order valence-corrected chi connectivity index (χ1v) is 9.85. The molecular formula is C22H38. The molecule has 1 unspecified atom stereocenters. The van der Waals surface area contributed by atoms with Crippen LogP contribution in [0.3, 0.4) is 0 Å². The third-order valence-electron chi connectivity index (χ3n) is 4.92. The summed E-state index contributed by atoms with van der Waals surface area (Å²) in [6.07, 6.45) is 16.9. The minimum absolute atomic E-state index is 0.788. The van der Waals surface area contributed by atoms with Crippen LogP contribution < -0.4 is 0 Å². The number of hydrogen-bond donors (Lipinski definition) is 0. The van der Waals surface area contributed by atoms with Gasteiger partial charge in [0.15, 0.2) is 0 Å². The number of hydrogen-bond acceptors (Lipinski definition) is 0. The first-order chi connectivity index (χ1) is 10.8. The summed E-state index contributed by atoms with van der Waals surface area (Å²) in [7, 11) is 0. The molecule has 0 saturated carbocycles. The zero-order valence-corrected chi connectivity index (χ0v) is 15.4. The highest BCUT2D eigenvalue weighted by molar-refractivity contribution is 5.29. The van der Waals surface area contributed by atoms with E-state index in [1.165, 1.54) is 82.6 Å². The smallest absolute Gasteiger partial charge is 0.0159 e. The Hall–Kier alpha value is -0.780. The lowest BCUT2D eigenvalue weighted by molar-refractivity contribution is 0.505. The molecular weight excluding hydrogens is 264 g/mol. The second-order valence-electron chi connectivity index (χ2n) is 6.96. The van der Waals surface area contributed by atoms with Crippen LogP contribution in [0.4, 0.5) is 0 Å². The van der Waals surface area contributed by atoms with E-state index >= 15 is 0 Å². The van der Waals surface area contributed by atoms with Crippen LogP contribution in [0.5, 0.6) is 0 Å². The van der Waals surface area contributed by atoms with Crippen LogP contribution in [0, 0.1) is 6.92 Å². The summed E-state index contributed by atoms with van der Waals surface area (Å²) >= 11 is 0. The van der Waals surface area contributed by atoms with Crippen molar-refractivity contribution in [2.75, 3.05) is 0 Å². The van der Waals surface area contributed by atoms with Gasteiger partial charge in [0.2, 0.25) is 0 Å². The van der Waals surface area contributed by atoms with Crippen molar-refractivity contribution in [3.8, 4) is 0 Å². The Kier molecular flexibility index (Phi) is 11.2. The predicted octanol–water partition coefficient (Wildman–Crippen LogP) is 7.80. The molecule has 0 radical (unpaired) electrons. The Morgan fingerprint density at radius 1 is 0.682 bits per heavy atom. The van der Waals surface area contributed by atoms with E-state index in [1.54, 1.807) is 5.56 Å². The Balaban J connectivity index is 2.19. The van der Waals surface area contributed by atoms with Crippen LogP contribution in [0.1, 0.15) is 108 Å². The van der Waals surface area contributed by atoms with Crippen molar-refractivity contribution >= 4 is 0 Å². The van der Waals surface area contributed by atoms with Gasteiger partial charge >= 0.3 is 0 Å². The Bertz CT molecular complexity index is 366. The van der Waals surface area contributed by atoms with Gasteiger partial charge in [0, 0.05) is 0 Å². The van der Waals surface area contributed by atoms with Crippen molar-refractivity contribution in [1.82, 2.24) is 0 Å². The summed E-state index contributed by atoms with van der Waals surface area (Å²) in [5, 5.41) is 0. The number of unbranched alkanes of at least 4 members (excludes halogenated alkanes) is 8. The molecule has 22 heavy (non-hydrogen) atoms. The maximum absolute atomic E-state index is 2.35. The van der Waals surface area contributed by atoms with Gasteiger partial charge in [-0.3, -0.25) is 0 Å². The van der Waals surface area contributed by atoms with Crippen molar-refractivity contribution in [1.29, 1.82) is 0 Å². The molecule has 0 spiro atoms. The molecule has 0 aliphatic heterocycles. The lowest BCUT2D eigenvalue weighted by Crippen LogP contribution is -2.01. The van der Waals surface area contributed by atoms with Crippen LogP contribution in [-0.4, -0.2) is 0 Å². The molecule has 0 saturated heterocycles. The number of benzene rings is 1. The van der Waals surface area contributed by atoms with Crippen LogP contribution in [-0.2, 0) is 0 Å². The maximum atomic E-state index is 2.35. The van der Waals surface area contributed by atoms with E-state index in [0.29, 0.717) is 0 Å². The summed E-state index contributed by atoms with van der Waals surface area (Å²) < 4.78 is 0. The molecule has 126 valence electrons. The topological polar surface area (TPSA) is 0 Å². The Morgan fingerprint density at radius 2 is 1.27 bits per heavy atom. The SMILES string of the molecule is CCCCCCCCCCCC(CCC)c1ccccc1C. The van der Waals surface area contributed by atoms with Gasteiger partial charge in [-0.2, -0.15) is 0 Å². The van der Waals surface area contributed by atoms with E-state index in [-0.39, 0.29) is 0 Å². The fourth-order valence-electron chi connectivity index (χ4n) is 3.55. The zero-order chi connectivity index (χ0) is 16.0. The summed E-state index contributed by atoms with van der Waals surface area (Å²) in [5.74, 6) is 0.788. The van der Waals surface area contributed by atoms with Gasteiger partial charge in [0.1, 0.15) is 0 Å². The summed E-state index contributed by atoms with van der Waals surface area (Å²) in [6.45, 7) is 6.89. The Labute approximate surface area is 139 Å². The van der Waals surface area contributed by atoms with Gasteiger partial charge < -0.3 is 0 Å². The fourth-order valence-corrected chi connectivity index (χ4v) is 3.55. The fraction of sp³-hybridized carbons (Fsp3) is 0.727. The van der Waals surface area contributed by atoms with Gasteiger partial charge in [0.05, 0.1) is 0 Å². The minimum atomic E-state index is 0.788. The number of aryl methyl sites for hydroxylation is 1. The molecule has 0 aliphatic rings. The largest absolute Gasteiger partial charge is 0.0654 e. The van der Waals surface area contributed by atoms with E-state index in [4.69, 9.17) is 0 Å². The molecule has 0 bridgehead atoms. The van der Waals surface area contributed by atoms with Gasteiger partial charge in [-0.15, -0.1) is 0 Å². The molecule has 1 atom stereocenters. The summed E-state index contributed by atoms with van der Waals surface area (Å²) in [5.41, 5.74) is 3.08. The predicted molar refractivity (Wildman–Crippen MR) is 101 cm³/mol. The van der Waals surface area contributed by atoms with Crippen LogP contribution >= 0.6 is 0 Å². The maximum Gasteiger partial charge on any atom is -0.0159 e. The molecule has 0 N–H and O–H groups in total. The van der Waals surface area contributed by atoms with Crippen LogP contribution in [0.25, 0.3) is 0 Å². The zero-order valence-electron chi connectivity index (χ0n) is 15.4. The van der Waals surface area contributed by atoms with Gasteiger partial charge in [-0.1, -0.05) is 102 Å². The molecule has 0 aromatic heterocycles. The molecule has 0 aliphatic carbocycles. The van der Waals surface area contributed by atoms with Crippen molar-refractivity contribution in [2.45, 2.75) is 104 Å². The van der Waals surface area contributed by atoms with E-state index in [0.717, 1.165) is 5.92 Å². The molecule has 1 aromatic rings. The van der Waals surface area contributed by atoms with Crippen molar-refractivity contribution in [2.24, 2.45) is 0 Å². The molecule has 0 heteroatoms. The van der Waals surface area contributed by atoms with Crippen LogP contribution in [0.15, 0.2) is 24.3 Å². The van der Waals surface area contributed by atoms with Crippen molar-refractivity contribution in [3.63, 3.8) is 0 Å². The van der Waals surface area contributed by atoms with Crippen LogP contribution in [0.2, 0.25) is 0 Å². The van der Waals surface area contributed by atoms with Gasteiger partial charge in [-0.25, -0.2) is 0 Å². The average molecular weight is 303 g/mol. The lowest BCUT2D eigenvalue weighted by Gasteiger charge is -2.19. The molecule has 1 rings (SSSR count). The van der Waals surface area contributed by atoms with E-state index < -0.39 is 0 Å². The van der Waals surface area contributed by atoms with E-state index in [2.05, 4.69) is 45.0 Å². The quantitative estimate of drug-likeness (QED) is 0.326. The van der Waals surface area contributed by atoms with Crippen molar-refractivity contribution in [3.05, 3.63) is 35.4 Å².